The standard InChI is InChI=1S/C18H23ClN4O2/c1-3-25-18(24)22-11-9-21(10-12-22)13-16-14(2)20-23(17(16)19)15-7-5-4-6-8-15/h4-8H,3,9-13H2,1-2H3. The lowest BCUT2D eigenvalue weighted by Gasteiger charge is -2.33. The minimum absolute atomic E-state index is 0.228. The van der Waals surface area contributed by atoms with Gasteiger partial charge < -0.3 is 9.64 Å². The Bertz CT molecular complexity index is 724. The monoisotopic (exact) mass is 362 g/mol. The van der Waals surface area contributed by atoms with Crippen LogP contribution in [0.15, 0.2) is 30.3 Å². The quantitative estimate of drug-likeness (QED) is 0.838. The second kappa shape index (κ2) is 7.89. The van der Waals surface area contributed by atoms with Crippen molar-refractivity contribution >= 4 is 17.7 Å². The van der Waals surface area contributed by atoms with Gasteiger partial charge in [-0.05, 0) is 26.0 Å². The number of para-hydroxylation sites is 1. The van der Waals surface area contributed by atoms with Gasteiger partial charge in [0.15, 0.2) is 0 Å². The predicted octanol–water partition coefficient (Wildman–Crippen LogP) is 3.11. The number of carbonyl (C=O) groups is 1. The van der Waals surface area contributed by atoms with Gasteiger partial charge in [0.05, 0.1) is 18.0 Å². The van der Waals surface area contributed by atoms with E-state index >= 15 is 0 Å². The van der Waals surface area contributed by atoms with Gasteiger partial charge in [-0.1, -0.05) is 29.8 Å². The molecule has 0 bridgehead atoms. The molecule has 1 saturated heterocycles. The second-order valence-corrected chi connectivity index (χ2v) is 6.42. The van der Waals surface area contributed by atoms with E-state index in [0.717, 1.165) is 36.6 Å². The van der Waals surface area contributed by atoms with Crippen molar-refractivity contribution in [2.24, 2.45) is 0 Å². The predicted molar refractivity (Wildman–Crippen MR) is 97.2 cm³/mol. The minimum atomic E-state index is -0.228. The van der Waals surface area contributed by atoms with Gasteiger partial charge in [-0.25, -0.2) is 9.48 Å². The van der Waals surface area contributed by atoms with Crippen molar-refractivity contribution in [3.63, 3.8) is 0 Å². The van der Waals surface area contributed by atoms with Gasteiger partial charge in [0, 0.05) is 38.3 Å². The second-order valence-electron chi connectivity index (χ2n) is 6.06. The largest absolute Gasteiger partial charge is 0.450 e. The van der Waals surface area contributed by atoms with Crippen LogP contribution in [0.5, 0.6) is 0 Å². The number of nitrogens with zero attached hydrogens (tertiary/aromatic N) is 4. The Morgan fingerprint density at radius 3 is 2.52 bits per heavy atom. The molecule has 1 aromatic heterocycles. The number of amides is 1. The van der Waals surface area contributed by atoms with Crippen molar-refractivity contribution in [3.8, 4) is 5.69 Å². The molecule has 6 nitrogen and oxygen atoms in total. The molecule has 0 atom stereocenters. The maximum atomic E-state index is 11.8. The summed E-state index contributed by atoms with van der Waals surface area (Å²) in [7, 11) is 0. The van der Waals surface area contributed by atoms with Crippen LogP contribution >= 0.6 is 11.6 Å². The fourth-order valence-electron chi connectivity index (χ4n) is 2.98. The molecule has 1 aliphatic heterocycles. The highest BCUT2D eigenvalue weighted by molar-refractivity contribution is 6.30. The molecule has 1 aromatic carbocycles. The van der Waals surface area contributed by atoms with Gasteiger partial charge in [-0.2, -0.15) is 5.10 Å². The third-order valence-electron chi connectivity index (χ3n) is 4.40. The zero-order valence-corrected chi connectivity index (χ0v) is 15.4. The van der Waals surface area contributed by atoms with E-state index in [1.165, 1.54) is 0 Å². The van der Waals surface area contributed by atoms with Crippen LogP contribution < -0.4 is 0 Å². The number of ether oxygens (including phenoxy) is 1. The normalized spacial score (nSPS) is 15.4. The van der Waals surface area contributed by atoms with Crippen LogP contribution in [0.3, 0.4) is 0 Å². The first-order chi connectivity index (χ1) is 12.1. The molecule has 0 spiro atoms. The van der Waals surface area contributed by atoms with E-state index in [2.05, 4.69) is 10.00 Å². The lowest BCUT2D eigenvalue weighted by Crippen LogP contribution is -2.48. The van der Waals surface area contributed by atoms with Crippen LogP contribution in [-0.2, 0) is 11.3 Å². The van der Waals surface area contributed by atoms with E-state index in [1.54, 1.807) is 9.58 Å². The highest BCUT2D eigenvalue weighted by atomic mass is 35.5. The Hall–Kier alpha value is -2.05. The molecule has 1 fully saturated rings. The topological polar surface area (TPSA) is 50.6 Å². The van der Waals surface area contributed by atoms with Crippen molar-refractivity contribution in [2.45, 2.75) is 20.4 Å². The summed E-state index contributed by atoms with van der Waals surface area (Å²) in [6, 6.07) is 9.88. The van der Waals surface area contributed by atoms with Gasteiger partial charge in [-0.15, -0.1) is 0 Å². The third-order valence-corrected chi connectivity index (χ3v) is 4.79. The molecule has 25 heavy (non-hydrogen) atoms. The van der Waals surface area contributed by atoms with E-state index in [-0.39, 0.29) is 6.09 Å². The number of rotatable bonds is 4. The van der Waals surface area contributed by atoms with Gasteiger partial charge >= 0.3 is 6.09 Å². The Morgan fingerprint density at radius 1 is 1.20 bits per heavy atom. The Kier molecular flexibility index (Phi) is 5.60. The van der Waals surface area contributed by atoms with Crippen molar-refractivity contribution in [1.82, 2.24) is 19.6 Å². The molecule has 1 aliphatic rings. The molecular formula is C18H23ClN4O2. The Labute approximate surface area is 152 Å². The molecule has 1 amide bonds. The zero-order chi connectivity index (χ0) is 17.8. The lowest BCUT2D eigenvalue weighted by atomic mass is 10.2. The molecule has 134 valence electrons. The molecule has 7 heteroatoms. The summed E-state index contributed by atoms with van der Waals surface area (Å²) in [6.45, 7) is 7.88. The number of halogens is 1. The van der Waals surface area contributed by atoms with Crippen molar-refractivity contribution in [1.29, 1.82) is 0 Å². The summed E-state index contributed by atoms with van der Waals surface area (Å²) in [5, 5.41) is 5.24. The van der Waals surface area contributed by atoms with E-state index < -0.39 is 0 Å². The molecule has 0 saturated carbocycles. The van der Waals surface area contributed by atoms with E-state index in [1.807, 2.05) is 44.2 Å². The summed E-state index contributed by atoms with van der Waals surface area (Å²) in [6.07, 6.45) is -0.228. The summed E-state index contributed by atoms with van der Waals surface area (Å²) in [4.78, 5) is 15.8. The first-order valence-electron chi connectivity index (χ1n) is 8.53. The number of aryl methyl sites for hydroxylation is 1. The molecule has 0 aliphatic carbocycles. The molecule has 2 heterocycles. The van der Waals surface area contributed by atoms with Crippen LogP contribution in [0.2, 0.25) is 5.15 Å². The first kappa shape index (κ1) is 17.8. The average Bonchev–Trinajstić information content (AvgIpc) is 2.91. The van der Waals surface area contributed by atoms with E-state index in [9.17, 15) is 4.79 Å². The fourth-order valence-corrected chi connectivity index (χ4v) is 3.31. The SMILES string of the molecule is CCOC(=O)N1CCN(Cc2c(C)nn(-c3ccccc3)c2Cl)CC1. The number of carbonyl (C=O) groups excluding carboxylic acids is 1. The Morgan fingerprint density at radius 2 is 1.88 bits per heavy atom. The van der Waals surface area contributed by atoms with Gasteiger partial charge in [0.25, 0.3) is 0 Å². The van der Waals surface area contributed by atoms with Crippen LogP contribution in [0.25, 0.3) is 5.69 Å². The number of piperazine rings is 1. The number of hydrogen-bond donors (Lipinski definition) is 0. The van der Waals surface area contributed by atoms with Gasteiger partial charge in [0.2, 0.25) is 0 Å². The smallest absolute Gasteiger partial charge is 0.409 e. The third kappa shape index (κ3) is 3.96. The van der Waals surface area contributed by atoms with Gasteiger partial charge in [0.1, 0.15) is 5.15 Å². The zero-order valence-electron chi connectivity index (χ0n) is 14.6. The number of hydrogen-bond acceptors (Lipinski definition) is 4. The maximum absolute atomic E-state index is 11.8. The van der Waals surface area contributed by atoms with Crippen LogP contribution in [0.1, 0.15) is 18.2 Å². The molecule has 0 radical (unpaired) electrons. The van der Waals surface area contributed by atoms with Crippen molar-refractivity contribution in [3.05, 3.63) is 46.7 Å². The number of aromatic nitrogens is 2. The van der Waals surface area contributed by atoms with Crippen molar-refractivity contribution in [2.75, 3.05) is 32.8 Å². The van der Waals surface area contributed by atoms with Crippen LogP contribution in [-0.4, -0.2) is 58.5 Å². The first-order valence-corrected chi connectivity index (χ1v) is 8.91. The van der Waals surface area contributed by atoms with Crippen molar-refractivity contribution < 1.29 is 9.53 Å². The minimum Gasteiger partial charge on any atom is -0.450 e. The highest BCUT2D eigenvalue weighted by Crippen LogP contribution is 2.25. The fraction of sp³-hybridized carbons (Fsp3) is 0.444. The number of benzene rings is 1. The summed E-state index contributed by atoms with van der Waals surface area (Å²) < 4.78 is 6.84. The Balaban J connectivity index is 1.67. The molecule has 0 unspecified atom stereocenters. The lowest BCUT2D eigenvalue weighted by molar-refractivity contribution is 0.0778. The highest BCUT2D eigenvalue weighted by Gasteiger charge is 2.24. The van der Waals surface area contributed by atoms with E-state index in [4.69, 9.17) is 16.3 Å². The molecule has 3 rings (SSSR count). The molecule has 0 N–H and O–H groups in total. The molecular weight excluding hydrogens is 340 g/mol. The average molecular weight is 363 g/mol. The van der Waals surface area contributed by atoms with Crippen LogP contribution in [0.4, 0.5) is 4.79 Å². The summed E-state index contributed by atoms with van der Waals surface area (Å²) >= 11 is 6.59. The maximum Gasteiger partial charge on any atom is 0.409 e. The summed E-state index contributed by atoms with van der Waals surface area (Å²) in [5.41, 5.74) is 2.92. The van der Waals surface area contributed by atoms with Gasteiger partial charge in [-0.3, -0.25) is 4.90 Å². The van der Waals surface area contributed by atoms with E-state index in [0.29, 0.717) is 24.8 Å². The molecule has 2 aromatic rings. The summed E-state index contributed by atoms with van der Waals surface area (Å²) in [5.74, 6) is 0. The van der Waals surface area contributed by atoms with Crippen LogP contribution in [0, 0.1) is 6.92 Å².